The van der Waals surface area contributed by atoms with E-state index in [9.17, 15) is 13.2 Å². The first-order chi connectivity index (χ1) is 9.38. The minimum absolute atomic E-state index is 0.211. The van der Waals surface area contributed by atoms with Crippen LogP contribution in [-0.4, -0.2) is 35.9 Å². The minimum Gasteiger partial charge on any atom is -0.342 e. The highest BCUT2D eigenvalue weighted by Crippen LogP contribution is 2.36. The molecular formula is C12H19F3N4S. The molecule has 20 heavy (non-hydrogen) atoms. The van der Waals surface area contributed by atoms with Crippen molar-refractivity contribution in [1.29, 1.82) is 0 Å². The van der Waals surface area contributed by atoms with Gasteiger partial charge < -0.3 is 10.2 Å². The molecule has 1 fully saturated rings. The Balaban J connectivity index is 1.98. The van der Waals surface area contributed by atoms with Crippen LogP contribution in [0.1, 0.15) is 31.7 Å². The third kappa shape index (κ3) is 3.82. The van der Waals surface area contributed by atoms with E-state index in [1.54, 1.807) is 0 Å². The summed E-state index contributed by atoms with van der Waals surface area (Å²) in [5.74, 6) is 0.559. The Labute approximate surface area is 120 Å². The number of anilines is 1. The third-order valence-electron chi connectivity index (χ3n) is 3.21. The molecule has 1 aliphatic rings. The van der Waals surface area contributed by atoms with Crippen LogP contribution in [0.2, 0.25) is 0 Å². The minimum atomic E-state index is -4.40. The number of nitrogens with zero attached hydrogens (tertiary/aromatic N) is 3. The van der Waals surface area contributed by atoms with Gasteiger partial charge in [0.05, 0.1) is 0 Å². The standard InChI is InChI=1S/C12H19F3N4S/c1-8(2)6-16-7-9-4-3-5-19(9)11-18-17-10(20-11)12(13,14)15/h8-9,16H,3-7H2,1-2H3. The van der Waals surface area contributed by atoms with Crippen molar-refractivity contribution in [3.63, 3.8) is 0 Å². The Bertz CT molecular complexity index is 433. The summed E-state index contributed by atoms with van der Waals surface area (Å²) in [5, 5.41) is 9.83. The zero-order valence-electron chi connectivity index (χ0n) is 11.6. The highest BCUT2D eigenvalue weighted by Gasteiger charge is 2.37. The van der Waals surface area contributed by atoms with Gasteiger partial charge in [0.2, 0.25) is 10.1 Å². The largest absolute Gasteiger partial charge is 0.445 e. The quantitative estimate of drug-likeness (QED) is 0.908. The molecular weight excluding hydrogens is 289 g/mol. The molecule has 1 saturated heterocycles. The van der Waals surface area contributed by atoms with E-state index in [-0.39, 0.29) is 6.04 Å². The van der Waals surface area contributed by atoms with Gasteiger partial charge in [-0.2, -0.15) is 13.2 Å². The Morgan fingerprint density at radius 2 is 2.15 bits per heavy atom. The van der Waals surface area contributed by atoms with Gasteiger partial charge in [-0.3, -0.25) is 0 Å². The summed E-state index contributed by atoms with van der Waals surface area (Å²) < 4.78 is 37.7. The molecule has 114 valence electrons. The average Bonchev–Trinajstić information content (AvgIpc) is 2.93. The van der Waals surface area contributed by atoms with Crippen molar-refractivity contribution in [2.24, 2.45) is 5.92 Å². The second kappa shape index (κ2) is 6.26. The number of alkyl halides is 3. The van der Waals surface area contributed by atoms with E-state index in [1.807, 2.05) is 4.90 Å². The van der Waals surface area contributed by atoms with Gasteiger partial charge in [0.25, 0.3) is 0 Å². The molecule has 1 aromatic rings. The van der Waals surface area contributed by atoms with E-state index in [0.29, 0.717) is 22.4 Å². The maximum atomic E-state index is 12.6. The Morgan fingerprint density at radius 1 is 1.40 bits per heavy atom. The number of halogens is 3. The normalized spacial score (nSPS) is 20.1. The number of rotatable bonds is 5. The van der Waals surface area contributed by atoms with Crippen LogP contribution >= 0.6 is 11.3 Å². The molecule has 1 aromatic heterocycles. The molecule has 2 rings (SSSR count). The predicted molar refractivity (Wildman–Crippen MR) is 73.0 cm³/mol. The third-order valence-corrected chi connectivity index (χ3v) is 4.22. The molecule has 1 aliphatic heterocycles. The maximum Gasteiger partial charge on any atom is 0.445 e. The van der Waals surface area contributed by atoms with Gasteiger partial charge in [0.15, 0.2) is 0 Å². The summed E-state index contributed by atoms with van der Waals surface area (Å²) in [4.78, 5) is 1.94. The van der Waals surface area contributed by atoms with Crippen molar-refractivity contribution in [3.8, 4) is 0 Å². The highest BCUT2D eigenvalue weighted by atomic mass is 32.1. The topological polar surface area (TPSA) is 41.0 Å². The summed E-state index contributed by atoms with van der Waals surface area (Å²) in [6.45, 7) is 6.69. The van der Waals surface area contributed by atoms with E-state index in [4.69, 9.17) is 0 Å². The first-order valence-electron chi connectivity index (χ1n) is 6.76. The van der Waals surface area contributed by atoms with Crippen LogP contribution in [-0.2, 0) is 6.18 Å². The fraction of sp³-hybridized carbons (Fsp3) is 0.833. The van der Waals surface area contributed by atoms with Crippen molar-refractivity contribution in [2.75, 3.05) is 24.5 Å². The number of nitrogens with one attached hydrogen (secondary N) is 1. The number of hydrogen-bond donors (Lipinski definition) is 1. The first-order valence-corrected chi connectivity index (χ1v) is 7.57. The van der Waals surface area contributed by atoms with Crippen molar-refractivity contribution >= 4 is 16.5 Å². The Kier molecular flexibility index (Phi) is 4.85. The Hall–Kier alpha value is -0.890. The van der Waals surface area contributed by atoms with Crippen LogP contribution in [0.3, 0.4) is 0 Å². The Morgan fingerprint density at radius 3 is 2.75 bits per heavy atom. The second-order valence-electron chi connectivity index (χ2n) is 5.43. The lowest BCUT2D eigenvalue weighted by atomic mass is 10.2. The lowest BCUT2D eigenvalue weighted by Crippen LogP contribution is -2.39. The molecule has 8 heteroatoms. The molecule has 0 aromatic carbocycles. The van der Waals surface area contributed by atoms with Gasteiger partial charge >= 0.3 is 6.18 Å². The van der Waals surface area contributed by atoms with E-state index in [0.717, 1.165) is 32.5 Å². The van der Waals surface area contributed by atoms with Gasteiger partial charge in [-0.15, -0.1) is 10.2 Å². The highest BCUT2D eigenvalue weighted by molar-refractivity contribution is 7.15. The fourth-order valence-corrected chi connectivity index (χ4v) is 3.09. The van der Waals surface area contributed by atoms with Crippen molar-refractivity contribution < 1.29 is 13.2 Å². The molecule has 1 N–H and O–H groups in total. The smallest absolute Gasteiger partial charge is 0.342 e. The summed E-state index contributed by atoms with van der Waals surface area (Å²) in [6, 6.07) is 0.211. The van der Waals surface area contributed by atoms with Gasteiger partial charge in [-0.25, -0.2) is 0 Å². The molecule has 0 spiro atoms. The van der Waals surface area contributed by atoms with E-state index < -0.39 is 11.2 Å². The molecule has 2 heterocycles. The van der Waals surface area contributed by atoms with Crippen LogP contribution in [0.25, 0.3) is 0 Å². The predicted octanol–water partition coefficient (Wildman–Crippen LogP) is 2.77. The second-order valence-corrected chi connectivity index (χ2v) is 6.39. The van der Waals surface area contributed by atoms with Gasteiger partial charge in [0, 0.05) is 19.1 Å². The van der Waals surface area contributed by atoms with Gasteiger partial charge in [-0.1, -0.05) is 25.2 Å². The number of aromatic nitrogens is 2. The van der Waals surface area contributed by atoms with E-state index >= 15 is 0 Å². The SMILES string of the molecule is CC(C)CNCC1CCCN1c1nnc(C(F)(F)F)s1. The van der Waals surface area contributed by atoms with E-state index in [1.165, 1.54) is 0 Å². The van der Waals surface area contributed by atoms with Crippen molar-refractivity contribution in [2.45, 2.75) is 38.9 Å². The fourth-order valence-electron chi connectivity index (χ4n) is 2.28. The van der Waals surface area contributed by atoms with Crippen LogP contribution < -0.4 is 10.2 Å². The molecule has 0 radical (unpaired) electrons. The van der Waals surface area contributed by atoms with Crippen molar-refractivity contribution in [3.05, 3.63) is 5.01 Å². The summed E-state index contributed by atoms with van der Waals surface area (Å²) in [6.07, 6.45) is -2.44. The zero-order chi connectivity index (χ0) is 14.8. The van der Waals surface area contributed by atoms with Crippen LogP contribution in [0.5, 0.6) is 0 Å². The lowest BCUT2D eigenvalue weighted by molar-refractivity contribution is -0.138. The zero-order valence-corrected chi connectivity index (χ0v) is 12.4. The van der Waals surface area contributed by atoms with Gasteiger partial charge in [-0.05, 0) is 25.3 Å². The monoisotopic (exact) mass is 308 g/mol. The molecule has 0 aliphatic carbocycles. The molecule has 1 atom stereocenters. The average molecular weight is 308 g/mol. The molecule has 0 saturated carbocycles. The summed E-state index contributed by atoms with van der Waals surface area (Å²) in [7, 11) is 0. The lowest BCUT2D eigenvalue weighted by Gasteiger charge is -2.24. The van der Waals surface area contributed by atoms with E-state index in [2.05, 4.69) is 29.4 Å². The molecule has 0 bridgehead atoms. The summed E-state index contributed by atoms with van der Waals surface area (Å²) >= 11 is 0.632. The maximum absolute atomic E-state index is 12.6. The molecule has 1 unspecified atom stereocenters. The first kappa shape index (κ1) is 15.5. The molecule has 4 nitrogen and oxygen atoms in total. The van der Waals surface area contributed by atoms with Gasteiger partial charge in [0.1, 0.15) is 0 Å². The molecule has 0 amide bonds. The van der Waals surface area contributed by atoms with Crippen LogP contribution in [0, 0.1) is 5.92 Å². The van der Waals surface area contributed by atoms with Crippen LogP contribution in [0.4, 0.5) is 18.3 Å². The van der Waals surface area contributed by atoms with Crippen LogP contribution in [0.15, 0.2) is 0 Å². The number of hydrogen-bond acceptors (Lipinski definition) is 5. The summed E-state index contributed by atoms with van der Waals surface area (Å²) in [5.41, 5.74) is 0. The van der Waals surface area contributed by atoms with Crippen molar-refractivity contribution in [1.82, 2.24) is 15.5 Å².